The lowest BCUT2D eigenvalue weighted by Gasteiger charge is -2.08. The number of ether oxygens (including phenoxy) is 1. The van der Waals surface area contributed by atoms with Crippen LogP contribution in [0.5, 0.6) is 5.75 Å². The maximum atomic E-state index is 13.6. The molecule has 0 bridgehead atoms. The number of anilines is 3. The Labute approximate surface area is 143 Å². The summed E-state index contributed by atoms with van der Waals surface area (Å²) in [6.07, 6.45) is 0. The van der Waals surface area contributed by atoms with Crippen LogP contribution in [0, 0.1) is 5.82 Å². The van der Waals surface area contributed by atoms with Crippen LogP contribution in [0.4, 0.5) is 21.7 Å². The fourth-order valence-corrected chi connectivity index (χ4v) is 2.01. The minimum absolute atomic E-state index is 0.138. The lowest BCUT2D eigenvalue weighted by Crippen LogP contribution is -2.21. The molecular weight excluding hydrogens is 323 g/mol. The van der Waals surface area contributed by atoms with Crippen LogP contribution in [0.15, 0.2) is 66.7 Å². The second kappa shape index (κ2) is 7.87. The quantitative estimate of drug-likeness (QED) is 0.721. The summed E-state index contributed by atoms with van der Waals surface area (Å²) in [7, 11) is 0. The second-order valence-electron chi connectivity index (χ2n) is 5.06. The van der Waals surface area contributed by atoms with Crippen molar-refractivity contribution in [1.29, 1.82) is 0 Å². The Balaban J connectivity index is 1.53. The molecule has 1 heterocycles. The predicted molar refractivity (Wildman–Crippen MR) is 92.3 cm³/mol. The van der Waals surface area contributed by atoms with E-state index in [4.69, 9.17) is 4.74 Å². The highest BCUT2D eigenvalue weighted by atomic mass is 19.1. The van der Waals surface area contributed by atoms with Crippen LogP contribution in [-0.4, -0.2) is 22.7 Å². The summed E-state index contributed by atoms with van der Waals surface area (Å²) in [4.78, 5) is 11.8. The van der Waals surface area contributed by atoms with Crippen molar-refractivity contribution in [3.8, 4) is 5.75 Å². The fraction of sp³-hybridized carbons (Fsp3) is 0.0556. The number of para-hydroxylation sites is 2. The van der Waals surface area contributed by atoms with Gasteiger partial charge in [-0.2, -0.15) is 0 Å². The Morgan fingerprint density at radius 1 is 0.920 bits per heavy atom. The van der Waals surface area contributed by atoms with Gasteiger partial charge in [-0.05, 0) is 36.4 Å². The van der Waals surface area contributed by atoms with E-state index >= 15 is 0 Å². The van der Waals surface area contributed by atoms with Crippen molar-refractivity contribution in [3.05, 3.63) is 72.5 Å². The van der Waals surface area contributed by atoms with E-state index in [0.717, 1.165) is 0 Å². The number of carbonyl (C=O) groups is 1. The number of carbonyl (C=O) groups excluding carboxylic acids is 1. The highest BCUT2D eigenvalue weighted by Gasteiger charge is 2.06. The minimum atomic E-state index is -0.389. The minimum Gasteiger partial charge on any atom is -0.484 e. The molecule has 0 saturated heterocycles. The lowest BCUT2D eigenvalue weighted by molar-refractivity contribution is -0.118. The molecule has 2 N–H and O–H groups in total. The van der Waals surface area contributed by atoms with E-state index in [-0.39, 0.29) is 24.1 Å². The van der Waals surface area contributed by atoms with Crippen molar-refractivity contribution in [1.82, 2.24) is 10.2 Å². The third kappa shape index (κ3) is 4.74. The van der Waals surface area contributed by atoms with Gasteiger partial charge < -0.3 is 15.4 Å². The van der Waals surface area contributed by atoms with Crippen molar-refractivity contribution in [2.45, 2.75) is 0 Å². The number of aromatic nitrogens is 2. The smallest absolute Gasteiger partial charge is 0.263 e. The summed E-state index contributed by atoms with van der Waals surface area (Å²) in [6.45, 7) is -0.138. The predicted octanol–water partition coefficient (Wildman–Crippen LogP) is 3.38. The maximum Gasteiger partial charge on any atom is 0.263 e. The van der Waals surface area contributed by atoms with Gasteiger partial charge in [0.05, 0.1) is 5.69 Å². The first-order chi connectivity index (χ1) is 12.2. The Bertz CT molecular complexity index is 841. The number of hydrogen-bond acceptors (Lipinski definition) is 5. The van der Waals surface area contributed by atoms with Gasteiger partial charge in [0.15, 0.2) is 18.2 Å². The van der Waals surface area contributed by atoms with E-state index in [9.17, 15) is 9.18 Å². The number of rotatable bonds is 6. The topological polar surface area (TPSA) is 76.1 Å². The standard InChI is InChI=1S/C18H15FN4O2/c19-14-8-4-5-9-15(14)20-16-10-11-17(23-22-16)21-18(24)12-25-13-6-2-1-3-7-13/h1-11H,12H2,(H,20,22)(H,21,23,24). The molecule has 0 aliphatic carbocycles. The van der Waals surface area contributed by atoms with Gasteiger partial charge in [-0.15, -0.1) is 10.2 Å². The van der Waals surface area contributed by atoms with Gasteiger partial charge in [-0.25, -0.2) is 4.39 Å². The average Bonchev–Trinajstić information content (AvgIpc) is 2.64. The molecule has 7 heteroatoms. The first-order valence-corrected chi connectivity index (χ1v) is 7.54. The first-order valence-electron chi connectivity index (χ1n) is 7.54. The lowest BCUT2D eigenvalue weighted by atomic mass is 10.3. The van der Waals surface area contributed by atoms with Gasteiger partial charge >= 0.3 is 0 Å². The molecular formula is C18H15FN4O2. The molecule has 0 atom stereocenters. The van der Waals surface area contributed by atoms with Gasteiger partial charge in [0.25, 0.3) is 5.91 Å². The SMILES string of the molecule is O=C(COc1ccccc1)Nc1ccc(Nc2ccccc2F)nn1. The molecule has 0 aliphatic rings. The molecule has 0 aliphatic heterocycles. The largest absolute Gasteiger partial charge is 0.484 e. The molecule has 0 unspecified atom stereocenters. The molecule has 1 aromatic heterocycles. The van der Waals surface area contributed by atoms with Crippen LogP contribution in [0.2, 0.25) is 0 Å². The van der Waals surface area contributed by atoms with Crippen LogP contribution >= 0.6 is 0 Å². The molecule has 0 spiro atoms. The summed E-state index contributed by atoms with van der Waals surface area (Å²) in [5.74, 6) is 0.505. The molecule has 0 saturated carbocycles. The Hall–Kier alpha value is -3.48. The van der Waals surface area contributed by atoms with Crippen LogP contribution in [0.25, 0.3) is 0 Å². The normalized spacial score (nSPS) is 10.1. The monoisotopic (exact) mass is 338 g/mol. The molecule has 3 rings (SSSR count). The van der Waals surface area contributed by atoms with Gasteiger partial charge in [0, 0.05) is 0 Å². The number of halogens is 1. The van der Waals surface area contributed by atoms with Gasteiger partial charge in [-0.3, -0.25) is 4.79 Å². The van der Waals surface area contributed by atoms with Crippen LogP contribution in [0.1, 0.15) is 0 Å². The number of benzene rings is 2. The fourth-order valence-electron chi connectivity index (χ4n) is 2.01. The van der Waals surface area contributed by atoms with Crippen molar-refractivity contribution in [3.63, 3.8) is 0 Å². The second-order valence-corrected chi connectivity index (χ2v) is 5.06. The highest BCUT2D eigenvalue weighted by Crippen LogP contribution is 2.18. The first kappa shape index (κ1) is 16.4. The van der Waals surface area contributed by atoms with Gasteiger partial charge in [-0.1, -0.05) is 30.3 Å². The third-order valence-corrected chi connectivity index (χ3v) is 3.18. The van der Waals surface area contributed by atoms with Gasteiger partial charge in [0.2, 0.25) is 0 Å². The van der Waals surface area contributed by atoms with E-state index in [1.165, 1.54) is 6.07 Å². The summed E-state index contributed by atoms with van der Waals surface area (Å²) < 4.78 is 18.9. The zero-order valence-electron chi connectivity index (χ0n) is 13.1. The molecule has 0 fully saturated rings. The van der Waals surface area contributed by atoms with Crippen LogP contribution in [-0.2, 0) is 4.79 Å². The summed E-state index contributed by atoms with van der Waals surface area (Å²) in [5, 5.41) is 13.2. The molecule has 3 aromatic rings. The van der Waals surface area contributed by atoms with E-state index in [1.807, 2.05) is 18.2 Å². The van der Waals surface area contributed by atoms with E-state index in [1.54, 1.807) is 42.5 Å². The Morgan fingerprint density at radius 2 is 1.60 bits per heavy atom. The van der Waals surface area contributed by atoms with E-state index in [2.05, 4.69) is 20.8 Å². The zero-order chi connectivity index (χ0) is 17.5. The number of nitrogens with one attached hydrogen (secondary N) is 2. The number of hydrogen-bond donors (Lipinski definition) is 2. The summed E-state index contributed by atoms with van der Waals surface area (Å²) in [6, 6.07) is 18.4. The van der Waals surface area contributed by atoms with E-state index in [0.29, 0.717) is 17.3 Å². The molecule has 0 radical (unpaired) electrons. The van der Waals surface area contributed by atoms with Crippen LogP contribution in [0.3, 0.4) is 0 Å². The van der Waals surface area contributed by atoms with Crippen LogP contribution < -0.4 is 15.4 Å². The van der Waals surface area contributed by atoms with E-state index < -0.39 is 0 Å². The van der Waals surface area contributed by atoms with Crippen molar-refractivity contribution >= 4 is 23.2 Å². The third-order valence-electron chi connectivity index (χ3n) is 3.18. The van der Waals surface area contributed by atoms with Crippen molar-refractivity contribution in [2.24, 2.45) is 0 Å². The molecule has 1 amide bonds. The molecule has 6 nitrogen and oxygen atoms in total. The van der Waals surface area contributed by atoms with Gasteiger partial charge in [0.1, 0.15) is 11.6 Å². The molecule has 25 heavy (non-hydrogen) atoms. The average molecular weight is 338 g/mol. The Kier molecular flexibility index (Phi) is 5.16. The number of amides is 1. The Morgan fingerprint density at radius 3 is 2.32 bits per heavy atom. The highest BCUT2D eigenvalue weighted by molar-refractivity contribution is 5.90. The van der Waals surface area contributed by atoms with Crippen molar-refractivity contribution < 1.29 is 13.9 Å². The van der Waals surface area contributed by atoms with Crippen molar-refractivity contribution in [2.75, 3.05) is 17.2 Å². The maximum absolute atomic E-state index is 13.6. The summed E-state index contributed by atoms with van der Waals surface area (Å²) in [5.41, 5.74) is 0.296. The summed E-state index contributed by atoms with van der Waals surface area (Å²) >= 11 is 0. The number of nitrogens with zero attached hydrogens (tertiary/aromatic N) is 2. The molecule has 126 valence electrons. The molecule has 2 aromatic carbocycles. The zero-order valence-corrected chi connectivity index (χ0v) is 13.1.